The summed E-state index contributed by atoms with van der Waals surface area (Å²) >= 11 is 0. The van der Waals surface area contributed by atoms with Gasteiger partial charge in [0.15, 0.2) is 0 Å². The lowest BCUT2D eigenvalue weighted by Crippen LogP contribution is -2.42. The lowest BCUT2D eigenvalue weighted by molar-refractivity contribution is 0.244. The van der Waals surface area contributed by atoms with Crippen molar-refractivity contribution in [3.63, 3.8) is 0 Å². The Bertz CT molecular complexity index is 337. The van der Waals surface area contributed by atoms with Gasteiger partial charge in [0, 0.05) is 12.0 Å². The molecule has 0 atom stereocenters. The van der Waals surface area contributed by atoms with E-state index in [0.29, 0.717) is 6.54 Å². The summed E-state index contributed by atoms with van der Waals surface area (Å²) in [6.45, 7) is 2.47. The minimum absolute atomic E-state index is 0.0578. The molecule has 0 amide bonds. The predicted octanol–water partition coefficient (Wildman–Crippen LogP) is 2.51. The van der Waals surface area contributed by atoms with Crippen molar-refractivity contribution in [2.75, 3.05) is 6.54 Å². The third-order valence-electron chi connectivity index (χ3n) is 3.40. The second kappa shape index (κ2) is 3.35. The molecule has 2 N–H and O–H groups in total. The van der Waals surface area contributed by atoms with E-state index in [4.69, 9.17) is 5.73 Å². The van der Waals surface area contributed by atoms with Gasteiger partial charge >= 0.3 is 0 Å². The number of hydrogen-bond donors (Lipinski definition) is 1. The Kier molecular flexibility index (Phi) is 2.31. The third kappa shape index (κ3) is 1.34. The van der Waals surface area contributed by atoms with Crippen LogP contribution in [0.5, 0.6) is 0 Å². The molecule has 1 aromatic rings. The summed E-state index contributed by atoms with van der Waals surface area (Å²) in [6, 6.07) is 5.47. The lowest BCUT2D eigenvalue weighted by atomic mass is 9.64. The molecule has 0 unspecified atom stereocenters. The fourth-order valence-electron chi connectivity index (χ4n) is 2.24. The third-order valence-corrected chi connectivity index (χ3v) is 3.40. The second-order valence-electron chi connectivity index (χ2n) is 4.32. The number of aryl methyl sites for hydroxylation is 1. The monoisotopic (exact) mass is 193 g/mol. The first-order chi connectivity index (χ1) is 6.68. The molecule has 0 aromatic heterocycles. The van der Waals surface area contributed by atoms with Crippen molar-refractivity contribution >= 4 is 0 Å². The van der Waals surface area contributed by atoms with Gasteiger partial charge in [-0.05, 0) is 37.0 Å². The molecular weight excluding hydrogens is 177 g/mol. The van der Waals surface area contributed by atoms with Crippen molar-refractivity contribution in [2.45, 2.75) is 31.6 Å². The number of nitrogens with two attached hydrogens (primary N) is 1. The Morgan fingerprint density at radius 3 is 2.57 bits per heavy atom. The van der Waals surface area contributed by atoms with E-state index in [-0.39, 0.29) is 11.2 Å². The summed E-state index contributed by atoms with van der Waals surface area (Å²) < 4.78 is 13.7. The number of halogens is 1. The summed E-state index contributed by atoms with van der Waals surface area (Å²) in [6.07, 6.45) is 3.23. The van der Waals surface area contributed by atoms with Crippen LogP contribution in [0.4, 0.5) is 4.39 Å². The largest absolute Gasteiger partial charge is 0.330 e. The summed E-state index contributed by atoms with van der Waals surface area (Å²) in [5.74, 6) is -0.0878. The van der Waals surface area contributed by atoms with Crippen molar-refractivity contribution < 1.29 is 4.39 Å². The summed E-state index contributed by atoms with van der Waals surface area (Å²) in [5.41, 5.74) is 7.47. The van der Waals surface area contributed by atoms with Gasteiger partial charge in [-0.1, -0.05) is 18.6 Å². The van der Waals surface area contributed by atoms with Gasteiger partial charge in [0.2, 0.25) is 0 Å². The molecule has 1 aliphatic rings. The molecule has 0 heterocycles. The highest BCUT2D eigenvalue weighted by atomic mass is 19.1. The van der Waals surface area contributed by atoms with Crippen molar-refractivity contribution in [1.82, 2.24) is 0 Å². The molecule has 1 fully saturated rings. The maximum Gasteiger partial charge on any atom is 0.127 e. The topological polar surface area (TPSA) is 26.0 Å². The fraction of sp³-hybridized carbons (Fsp3) is 0.500. The number of hydrogen-bond acceptors (Lipinski definition) is 1. The van der Waals surface area contributed by atoms with Crippen molar-refractivity contribution in [2.24, 2.45) is 5.73 Å². The molecule has 0 bridgehead atoms. The van der Waals surface area contributed by atoms with E-state index in [0.717, 1.165) is 24.0 Å². The van der Waals surface area contributed by atoms with Crippen molar-refractivity contribution in [1.29, 1.82) is 0 Å². The number of rotatable bonds is 2. The molecule has 2 heteroatoms. The quantitative estimate of drug-likeness (QED) is 0.767. The minimum atomic E-state index is -0.0878. The van der Waals surface area contributed by atoms with E-state index >= 15 is 0 Å². The Morgan fingerprint density at radius 2 is 2.14 bits per heavy atom. The van der Waals surface area contributed by atoms with Gasteiger partial charge < -0.3 is 5.73 Å². The van der Waals surface area contributed by atoms with E-state index in [2.05, 4.69) is 0 Å². The molecule has 2 rings (SSSR count). The second-order valence-corrected chi connectivity index (χ2v) is 4.32. The highest BCUT2D eigenvalue weighted by molar-refractivity contribution is 5.32. The predicted molar refractivity (Wildman–Crippen MR) is 55.7 cm³/mol. The van der Waals surface area contributed by atoms with Crippen LogP contribution >= 0.6 is 0 Å². The highest BCUT2D eigenvalue weighted by Gasteiger charge is 2.39. The zero-order valence-corrected chi connectivity index (χ0v) is 8.52. The van der Waals surface area contributed by atoms with Crippen LogP contribution in [0.1, 0.15) is 30.4 Å². The Morgan fingerprint density at radius 1 is 1.43 bits per heavy atom. The summed E-state index contributed by atoms with van der Waals surface area (Å²) in [5, 5.41) is 0. The van der Waals surface area contributed by atoms with Crippen LogP contribution in [0.15, 0.2) is 18.2 Å². The van der Waals surface area contributed by atoms with E-state index in [9.17, 15) is 4.39 Å². The minimum Gasteiger partial charge on any atom is -0.330 e. The molecule has 0 radical (unpaired) electrons. The number of benzene rings is 1. The molecular formula is C12H16FN. The van der Waals surface area contributed by atoms with E-state index in [1.165, 1.54) is 6.42 Å². The molecule has 0 spiro atoms. The van der Waals surface area contributed by atoms with Crippen LogP contribution in [0.2, 0.25) is 0 Å². The average Bonchev–Trinajstić information content (AvgIpc) is 2.07. The molecule has 1 aliphatic carbocycles. The fourth-order valence-corrected chi connectivity index (χ4v) is 2.24. The molecule has 1 aromatic carbocycles. The first-order valence-electron chi connectivity index (χ1n) is 5.15. The molecule has 1 saturated carbocycles. The first kappa shape index (κ1) is 9.66. The molecule has 14 heavy (non-hydrogen) atoms. The van der Waals surface area contributed by atoms with Crippen LogP contribution in [-0.4, -0.2) is 6.54 Å². The standard InChI is InChI=1S/C12H16FN/c1-9-3-4-10(11(13)7-9)12(8-14)5-2-6-12/h3-4,7H,2,5-6,8,14H2,1H3. The van der Waals surface area contributed by atoms with Gasteiger partial charge in [0.25, 0.3) is 0 Å². The van der Waals surface area contributed by atoms with Crippen LogP contribution in [0.25, 0.3) is 0 Å². The van der Waals surface area contributed by atoms with Gasteiger partial charge in [0.05, 0.1) is 0 Å². The van der Waals surface area contributed by atoms with Crippen molar-refractivity contribution in [3.8, 4) is 0 Å². The molecule has 0 aliphatic heterocycles. The summed E-state index contributed by atoms with van der Waals surface area (Å²) in [4.78, 5) is 0. The smallest absolute Gasteiger partial charge is 0.127 e. The van der Waals surface area contributed by atoms with Gasteiger partial charge in [-0.15, -0.1) is 0 Å². The molecule has 76 valence electrons. The van der Waals surface area contributed by atoms with Crippen LogP contribution in [0.3, 0.4) is 0 Å². The highest BCUT2D eigenvalue weighted by Crippen LogP contribution is 2.43. The maximum atomic E-state index is 13.7. The van der Waals surface area contributed by atoms with Crippen molar-refractivity contribution in [3.05, 3.63) is 35.1 Å². The Hall–Kier alpha value is -0.890. The van der Waals surface area contributed by atoms with E-state index in [1.54, 1.807) is 6.07 Å². The molecule has 0 saturated heterocycles. The lowest BCUT2D eigenvalue weighted by Gasteiger charge is -2.41. The van der Waals surface area contributed by atoms with Gasteiger partial charge in [-0.2, -0.15) is 0 Å². The van der Waals surface area contributed by atoms with Gasteiger partial charge in [-0.3, -0.25) is 0 Å². The normalized spacial score (nSPS) is 19.1. The van der Waals surface area contributed by atoms with Gasteiger partial charge in [0.1, 0.15) is 5.82 Å². The molecule has 1 nitrogen and oxygen atoms in total. The van der Waals surface area contributed by atoms with E-state index in [1.807, 2.05) is 19.1 Å². The first-order valence-corrected chi connectivity index (χ1v) is 5.15. The van der Waals surface area contributed by atoms with Crippen LogP contribution < -0.4 is 5.73 Å². The van der Waals surface area contributed by atoms with Gasteiger partial charge in [-0.25, -0.2) is 4.39 Å². The van der Waals surface area contributed by atoms with Crippen LogP contribution in [-0.2, 0) is 5.41 Å². The Labute approximate surface area is 84.1 Å². The summed E-state index contributed by atoms with van der Waals surface area (Å²) in [7, 11) is 0. The van der Waals surface area contributed by atoms with E-state index < -0.39 is 0 Å². The zero-order chi connectivity index (χ0) is 10.2. The Balaban J connectivity index is 2.40. The van der Waals surface area contributed by atoms with Crippen LogP contribution in [0, 0.1) is 12.7 Å². The average molecular weight is 193 g/mol. The SMILES string of the molecule is Cc1ccc(C2(CN)CCC2)c(F)c1. The maximum absolute atomic E-state index is 13.7. The zero-order valence-electron chi connectivity index (χ0n) is 8.52.